The molecule has 1 aliphatic rings. The first kappa shape index (κ1) is 28.3. The highest BCUT2D eigenvalue weighted by atomic mass is 79.9. The van der Waals surface area contributed by atoms with Gasteiger partial charge >= 0.3 is 0 Å². The van der Waals surface area contributed by atoms with Crippen LogP contribution < -0.4 is 20.3 Å². The van der Waals surface area contributed by atoms with E-state index in [9.17, 15) is 10.1 Å². The highest BCUT2D eigenvalue weighted by Gasteiger charge is 2.22. The van der Waals surface area contributed by atoms with Crippen molar-refractivity contribution in [2.75, 3.05) is 50.5 Å². The molecule has 204 valence electrons. The number of ether oxygens (including phenoxy) is 1. The van der Waals surface area contributed by atoms with Gasteiger partial charge in [0.2, 0.25) is 11.8 Å². The summed E-state index contributed by atoms with van der Waals surface area (Å²) in [7, 11) is 3.97. The molecule has 1 amide bonds. The molecule has 2 N–H and O–H groups in total. The number of aromatic nitrogens is 2. The number of carbonyl (C=O) groups is 1. The molecule has 0 saturated carbocycles. The van der Waals surface area contributed by atoms with Gasteiger partial charge in [0.25, 0.3) is 5.91 Å². The summed E-state index contributed by atoms with van der Waals surface area (Å²) in [6.45, 7) is 6.96. The van der Waals surface area contributed by atoms with Crippen molar-refractivity contribution in [2.45, 2.75) is 32.7 Å². The second-order valence-electron chi connectivity index (χ2n) is 10.0. The van der Waals surface area contributed by atoms with Gasteiger partial charge in [-0.3, -0.25) is 4.79 Å². The summed E-state index contributed by atoms with van der Waals surface area (Å²) in [5.74, 6) is 1.56. The van der Waals surface area contributed by atoms with E-state index in [0.717, 1.165) is 49.3 Å². The number of benzene rings is 2. The zero-order valence-corrected chi connectivity index (χ0v) is 24.4. The third kappa shape index (κ3) is 7.46. The highest BCUT2D eigenvalue weighted by Crippen LogP contribution is 2.33. The molecule has 0 spiro atoms. The Morgan fingerprint density at radius 1 is 1.21 bits per heavy atom. The van der Waals surface area contributed by atoms with Crippen LogP contribution in [0.2, 0.25) is 0 Å². The Labute approximate surface area is 238 Å². The number of carbonyl (C=O) groups excluding carboxylic acids is 1. The van der Waals surface area contributed by atoms with Gasteiger partial charge in [0.05, 0.1) is 22.3 Å². The van der Waals surface area contributed by atoms with Crippen LogP contribution in [-0.2, 0) is 0 Å². The first-order valence-electron chi connectivity index (χ1n) is 13.0. The van der Waals surface area contributed by atoms with Gasteiger partial charge in [0.1, 0.15) is 5.75 Å². The van der Waals surface area contributed by atoms with Crippen LogP contribution >= 0.6 is 15.9 Å². The van der Waals surface area contributed by atoms with E-state index in [-0.39, 0.29) is 11.9 Å². The normalized spacial score (nSPS) is 13.7. The molecule has 0 aliphatic carbocycles. The van der Waals surface area contributed by atoms with Gasteiger partial charge in [0.15, 0.2) is 0 Å². The number of amides is 1. The van der Waals surface area contributed by atoms with E-state index in [4.69, 9.17) is 4.74 Å². The summed E-state index contributed by atoms with van der Waals surface area (Å²) >= 11 is 3.49. The highest BCUT2D eigenvalue weighted by molar-refractivity contribution is 9.10. The third-order valence-corrected chi connectivity index (χ3v) is 7.19. The average Bonchev–Trinajstić information content (AvgIpc) is 2.92. The van der Waals surface area contributed by atoms with Crippen molar-refractivity contribution in [1.29, 1.82) is 5.26 Å². The predicted octanol–water partition coefficient (Wildman–Crippen LogP) is 4.89. The standard InChI is InChI=1S/C29H34BrN7O2/c1-19-14-21(17-31)15-20(2)26(19)39-28-25(30)18-33-29(35-28)34-23-8-11-37(12-9-23)24-7-5-6-22(16-24)27(38)32-10-13-36(3)4/h5-7,14-16,18,23H,8-13H2,1-4H3,(H,32,38)(H,33,34,35). The maximum Gasteiger partial charge on any atom is 0.251 e. The molecule has 1 fully saturated rings. The van der Waals surface area contributed by atoms with Crippen LogP contribution in [0.15, 0.2) is 47.1 Å². The number of rotatable bonds is 9. The van der Waals surface area contributed by atoms with Crippen molar-refractivity contribution in [3.05, 3.63) is 69.3 Å². The Bertz CT molecular complexity index is 1340. The minimum absolute atomic E-state index is 0.0490. The molecule has 3 aromatic rings. The van der Waals surface area contributed by atoms with Crippen molar-refractivity contribution >= 4 is 33.5 Å². The molecule has 4 rings (SSSR count). The molecule has 0 radical (unpaired) electrons. The lowest BCUT2D eigenvalue weighted by molar-refractivity contribution is 0.0951. The Morgan fingerprint density at radius 2 is 1.92 bits per heavy atom. The molecule has 0 atom stereocenters. The number of nitrogens with zero attached hydrogens (tertiary/aromatic N) is 5. The molecule has 0 unspecified atom stereocenters. The fraction of sp³-hybridized carbons (Fsp3) is 0.379. The Morgan fingerprint density at radius 3 is 2.59 bits per heavy atom. The summed E-state index contributed by atoms with van der Waals surface area (Å²) in [6.07, 6.45) is 3.49. The molecule has 1 aliphatic heterocycles. The van der Waals surface area contributed by atoms with E-state index in [1.54, 1.807) is 18.3 Å². The number of hydrogen-bond acceptors (Lipinski definition) is 8. The second kappa shape index (κ2) is 12.9. The van der Waals surface area contributed by atoms with Crippen LogP contribution in [0.25, 0.3) is 0 Å². The maximum atomic E-state index is 12.6. The Hall–Kier alpha value is -3.68. The zero-order valence-electron chi connectivity index (χ0n) is 22.8. The smallest absolute Gasteiger partial charge is 0.251 e. The minimum atomic E-state index is -0.0490. The largest absolute Gasteiger partial charge is 0.437 e. The first-order chi connectivity index (χ1) is 18.7. The van der Waals surface area contributed by atoms with Gasteiger partial charge in [-0.15, -0.1) is 0 Å². The quantitative estimate of drug-likeness (QED) is 0.362. The summed E-state index contributed by atoms with van der Waals surface area (Å²) in [6, 6.07) is 13.8. The second-order valence-corrected chi connectivity index (χ2v) is 10.9. The summed E-state index contributed by atoms with van der Waals surface area (Å²) < 4.78 is 6.80. The van der Waals surface area contributed by atoms with Crippen LogP contribution in [0.3, 0.4) is 0 Å². The molecular weight excluding hydrogens is 558 g/mol. The van der Waals surface area contributed by atoms with E-state index in [1.807, 2.05) is 51.0 Å². The molecule has 0 bridgehead atoms. The average molecular weight is 593 g/mol. The fourth-order valence-electron chi connectivity index (χ4n) is 4.57. The van der Waals surface area contributed by atoms with Crippen molar-refractivity contribution < 1.29 is 9.53 Å². The number of anilines is 2. The summed E-state index contributed by atoms with van der Waals surface area (Å²) in [4.78, 5) is 25.9. The third-order valence-electron chi connectivity index (χ3n) is 6.65. The molecular formula is C29H34BrN7O2. The molecule has 2 aromatic carbocycles. The number of piperidine rings is 1. The lowest BCUT2D eigenvalue weighted by Crippen LogP contribution is -2.39. The van der Waals surface area contributed by atoms with Crippen molar-refractivity contribution in [2.24, 2.45) is 0 Å². The number of nitriles is 1. The van der Waals surface area contributed by atoms with Crippen LogP contribution in [0.5, 0.6) is 11.6 Å². The number of halogens is 1. The Balaban J connectivity index is 1.36. The van der Waals surface area contributed by atoms with Crippen LogP contribution in [0, 0.1) is 25.2 Å². The van der Waals surface area contributed by atoms with Crippen LogP contribution in [0.4, 0.5) is 11.6 Å². The van der Waals surface area contributed by atoms with E-state index in [1.165, 1.54) is 0 Å². The van der Waals surface area contributed by atoms with Crippen LogP contribution in [-0.4, -0.2) is 67.1 Å². The van der Waals surface area contributed by atoms with Crippen molar-refractivity contribution in [1.82, 2.24) is 20.2 Å². The lowest BCUT2D eigenvalue weighted by Gasteiger charge is -2.34. The zero-order chi connectivity index (χ0) is 27.9. The van der Waals surface area contributed by atoms with E-state index >= 15 is 0 Å². The van der Waals surface area contributed by atoms with Gasteiger partial charge in [-0.1, -0.05) is 6.07 Å². The monoisotopic (exact) mass is 591 g/mol. The number of nitrogens with one attached hydrogen (secondary N) is 2. The summed E-state index contributed by atoms with van der Waals surface area (Å²) in [5, 5.41) is 15.6. The van der Waals surface area contributed by atoms with Gasteiger partial charge in [-0.05, 0) is 98.2 Å². The SMILES string of the molecule is Cc1cc(C#N)cc(C)c1Oc1nc(NC2CCN(c3cccc(C(=O)NCCN(C)C)c3)CC2)ncc1Br. The minimum Gasteiger partial charge on any atom is -0.437 e. The van der Waals surface area contributed by atoms with Gasteiger partial charge < -0.3 is 25.2 Å². The van der Waals surface area contributed by atoms with Gasteiger partial charge in [0, 0.05) is 43.5 Å². The van der Waals surface area contributed by atoms with E-state index in [0.29, 0.717) is 39.7 Å². The predicted molar refractivity (Wildman–Crippen MR) is 157 cm³/mol. The molecule has 2 heterocycles. The summed E-state index contributed by atoms with van der Waals surface area (Å²) in [5.41, 5.74) is 4.07. The van der Waals surface area contributed by atoms with Crippen molar-refractivity contribution in [3.8, 4) is 17.7 Å². The van der Waals surface area contributed by atoms with Crippen LogP contribution in [0.1, 0.15) is 39.9 Å². The van der Waals surface area contributed by atoms with E-state index in [2.05, 4.69) is 53.6 Å². The molecule has 10 heteroatoms. The topological polar surface area (TPSA) is 106 Å². The van der Waals surface area contributed by atoms with Crippen molar-refractivity contribution in [3.63, 3.8) is 0 Å². The number of likely N-dealkylation sites (N-methyl/N-ethyl adjacent to an activating group) is 1. The molecule has 1 aromatic heterocycles. The number of hydrogen-bond donors (Lipinski definition) is 2. The molecule has 1 saturated heterocycles. The van der Waals surface area contributed by atoms with Gasteiger partial charge in [-0.2, -0.15) is 10.2 Å². The number of aryl methyl sites for hydroxylation is 2. The molecule has 39 heavy (non-hydrogen) atoms. The molecule has 9 nitrogen and oxygen atoms in total. The Kier molecular flexibility index (Phi) is 9.38. The van der Waals surface area contributed by atoms with Gasteiger partial charge in [-0.25, -0.2) is 4.98 Å². The fourth-order valence-corrected chi connectivity index (χ4v) is 4.84. The van der Waals surface area contributed by atoms with E-state index < -0.39 is 0 Å². The first-order valence-corrected chi connectivity index (χ1v) is 13.8. The lowest BCUT2D eigenvalue weighted by atomic mass is 10.0. The maximum absolute atomic E-state index is 12.6.